The summed E-state index contributed by atoms with van der Waals surface area (Å²) in [5, 5.41) is 0. The van der Waals surface area contributed by atoms with Gasteiger partial charge in [0, 0.05) is 0 Å². The van der Waals surface area contributed by atoms with Crippen molar-refractivity contribution in [1.29, 1.82) is 0 Å². The average Bonchev–Trinajstić information content (AvgIpc) is 1.85. The predicted molar refractivity (Wildman–Crippen MR) is 42.6 cm³/mol. The summed E-state index contributed by atoms with van der Waals surface area (Å²) in [6, 6.07) is 0. The number of methoxy groups -OCH3 is 1. The highest BCUT2D eigenvalue weighted by Gasteiger charge is 2.07. The fourth-order valence-corrected chi connectivity index (χ4v) is 1.32. The van der Waals surface area contributed by atoms with E-state index in [4.69, 9.17) is 4.74 Å². The molecule has 1 unspecified atom stereocenters. The minimum absolute atomic E-state index is 0.639. The first kappa shape index (κ1) is 7.39. The summed E-state index contributed by atoms with van der Waals surface area (Å²) in [6.07, 6.45) is 5.43. The van der Waals surface area contributed by atoms with E-state index in [1.165, 1.54) is 12.0 Å². The Hall–Kier alpha value is -0.720. The van der Waals surface area contributed by atoms with E-state index in [9.17, 15) is 0 Å². The Bertz CT molecular complexity index is 177. The fraction of sp³-hybridized carbons (Fsp3) is 0.556. The molecule has 0 radical (unpaired) electrons. The molecule has 0 saturated carbocycles. The highest BCUT2D eigenvalue weighted by molar-refractivity contribution is 5.23. The third-order valence-corrected chi connectivity index (χ3v) is 1.72. The van der Waals surface area contributed by atoms with E-state index >= 15 is 0 Å². The molecule has 0 saturated heterocycles. The molecule has 1 atom stereocenters. The van der Waals surface area contributed by atoms with Gasteiger partial charge in [0.05, 0.1) is 7.11 Å². The maximum Gasteiger partial charge on any atom is 0.115 e. The molecule has 0 aromatic heterocycles. The smallest absolute Gasteiger partial charge is 0.115 e. The van der Waals surface area contributed by atoms with Gasteiger partial charge in [-0.05, 0) is 31.4 Å². The summed E-state index contributed by atoms with van der Waals surface area (Å²) in [5.41, 5.74) is 1.41. The number of allylic oxidation sites excluding steroid dienone is 3. The molecule has 0 amide bonds. The zero-order valence-electron chi connectivity index (χ0n) is 6.85. The Labute approximate surface area is 62.4 Å². The molecule has 0 aromatic rings. The summed E-state index contributed by atoms with van der Waals surface area (Å²) < 4.78 is 5.12. The van der Waals surface area contributed by atoms with Crippen LogP contribution in [-0.4, -0.2) is 7.11 Å². The SMILES string of the molecule is COC1=CC(C)CC(C)=C1. The van der Waals surface area contributed by atoms with Gasteiger partial charge >= 0.3 is 0 Å². The van der Waals surface area contributed by atoms with Crippen LogP contribution in [0.15, 0.2) is 23.5 Å². The molecule has 0 aromatic carbocycles. The van der Waals surface area contributed by atoms with E-state index < -0.39 is 0 Å². The van der Waals surface area contributed by atoms with Gasteiger partial charge in [0.1, 0.15) is 5.76 Å². The molecule has 10 heavy (non-hydrogen) atoms. The number of rotatable bonds is 1. The van der Waals surface area contributed by atoms with Gasteiger partial charge in [0.25, 0.3) is 0 Å². The van der Waals surface area contributed by atoms with Crippen molar-refractivity contribution in [3.63, 3.8) is 0 Å². The highest BCUT2D eigenvalue weighted by Crippen LogP contribution is 2.21. The lowest BCUT2D eigenvalue weighted by atomic mass is 9.96. The molecular formula is C9H14O. The van der Waals surface area contributed by atoms with Crippen LogP contribution < -0.4 is 0 Å². The zero-order chi connectivity index (χ0) is 7.56. The van der Waals surface area contributed by atoms with E-state index in [1.54, 1.807) is 7.11 Å². The monoisotopic (exact) mass is 138 g/mol. The van der Waals surface area contributed by atoms with Gasteiger partial charge < -0.3 is 4.74 Å². The topological polar surface area (TPSA) is 9.23 Å². The summed E-state index contributed by atoms with van der Waals surface area (Å²) in [6.45, 7) is 4.35. The minimum atomic E-state index is 0.639. The highest BCUT2D eigenvalue weighted by atomic mass is 16.5. The summed E-state index contributed by atoms with van der Waals surface area (Å²) in [7, 11) is 1.72. The van der Waals surface area contributed by atoms with Gasteiger partial charge in [-0.1, -0.05) is 12.5 Å². The molecule has 0 N–H and O–H groups in total. The molecule has 0 heterocycles. The zero-order valence-corrected chi connectivity index (χ0v) is 6.85. The molecular weight excluding hydrogens is 124 g/mol. The van der Waals surface area contributed by atoms with Crippen LogP contribution in [0.4, 0.5) is 0 Å². The Kier molecular flexibility index (Phi) is 2.15. The lowest BCUT2D eigenvalue weighted by Crippen LogP contribution is -2.00. The van der Waals surface area contributed by atoms with Gasteiger partial charge in [-0.25, -0.2) is 0 Å². The number of hydrogen-bond donors (Lipinski definition) is 0. The quantitative estimate of drug-likeness (QED) is 0.541. The third kappa shape index (κ3) is 1.63. The van der Waals surface area contributed by atoms with Crippen molar-refractivity contribution in [2.24, 2.45) is 5.92 Å². The van der Waals surface area contributed by atoms with Crippen LogP contribution in [0.3, 0.4) is 0 Å². The van der Waals surface area contributed by atoms with Gasteiger partial charge in [0.2, 0.25) is 0 Å². The van der Waals surface area contributed by atoms with Crippen molar-refractivity contribution in [3.8, 4) is 0 Å². The second-order valence-electron chi connectivity index (χ2n) is 2.95. The van der Waals surface area contributed by atoms with Crippen molar-refractivity contribution < 1.29 is 4.74 Å². The third-order valence-electron chi connectivity index (χ3n) is 1.72. The van der Waals surface area contributed by atoms with Crippen molar-refractivity contribution in [2.45, 2.75) is 20.3 Å². The Morgan fingerprint density at radius 1 is 1.60 bits per heavy atom. The first-order chi connectivity index (χ1) is 4.72. The van der Waals surface area contributed by atoms with Crippen LogP contribution in [0.5, 0.6) is 0 Å². The van der Waals surface area contributed by atoms with Gasteiger partial charge in [-0.15, -0.1) is 0 Å². The second-order valence-corrected chi connectivity index (χ2v) is 2.95. The first-order valence-electron chi connectivity index (χ1n) is 3.65. The van der Waals surface area contributed by atoms with Gasteiger partial charge in [0.15, 0.2) is 0 Å². The van der Waals surface area contributed by atoms with Crippen molar-refractivity contribution in [2.75, 3.05) is 7.11 Å². The van der Waals surface area contributed by atoms with Crippen LogP contribution in [0, 0.1) is 5.92 Å². The number of ether oxygens (including phenoxy) is 1. The van der Waals surface area contributed by atoms with Crippen LogP contribution in [0.25, 0.3) is 0 Å². The summed E-state index contributed by atoms with van der Waals surface area (Å²) in [4.78, 5) is 0. The molecule has 1 aliphatic carbocycles. The van der Waals surface area contributed by atoms with Crippen molar-refractivity contribution in [3.05, 3.63) is 23.5 Å². The standard InChI is InChI=1S/C9H14O/c1-7-4-8(2)6-9(5-7)10-3/h5-7H,4H2,1-3H3. The normalized spacial score (nSPS) is 25.3. The van der Waals surface area contributed by atoms with E-state index in [2.05, 4.69) is 26.0 Å². The second kappa shape index (κ2) is 2.91. The molecule has 1 heteroatoms. The molecule has 0 bridgehead atoms. The maximum absolute atomic E-state index is 5.12. The van der Waals surface area contributed by atoms with Gasteiger partial charge in [-0.3, -0.25) is 0 Å². The Morgan fingerprint density at radius 3 is 2.80 bits per heavy atom. The summed E-state index contributed by atoms with van der Waals surface area (Å²) >= 11 is 0. The van der Waals surface area contributed by atoms with Crippen molar-refractivity contribution >= 4 is 0 Å². The lowest BCUT2D eigenvalue weighted by molar-refractivity contribution is 0.299. The first-order valence-corrected chi connectivity index (χ1v) is 3.65. The molecule has 0 spiro atoms. The fourth-order valence-electron chi connectivity index (χ4n) is 1.32. The Morgan fingerprint density at radius 2 is 2.30 bits per heavy atom. The molecule has 1 aliphatic rings. The largest absolute Gasteiger partial charge is 0.497 e. The maximum atomic E-state index is 5.12. The van der Waals surface area contributed by atoms with E-state index in [0.29, 0.717) is 5.92 Å². The van der Waals surface area contributed by atoms with Crippen LogP contribution in [0.1, 0.15) is 20.3 Å². The molecule has 1 nitrogen and oxygen atoms in total. The van der Waals surface area contributed by atoms with Crippen LogP contribution in [0.2, 0.25) is 0 Å². The lowest BCUT2D eigenvalue weighted by Gasteiger charge is -2.14. The van der Waals surface area contributed by atoms with E-state index in [1.807, 2.05) is 0 Å². The molecule has 56 valence electrons. The average molecular weight is 138 g/mol. The minimum Gasteiger partial charge on any atom is -0.497 e. The summed E-state index contributed by atoms with van der Waals surface area (Å²) in [5.74, 6) is 1.65. The van der Waals surface area contributed by atoms with Crippen LogP contribution >= 0.6 is 0 Å². The predicted octanol–water partition coefficient (Wildman–Crippen LogP) is 2.50. The number of hydrogen-bond acceptors (Lipinski definition) is 1. The van der Waals surface area contributed by atoms with Gasteiger partial charge in [-0.2, -0.15) is 0 Å². The molecule has 0 fully saturated rings. The van der Waals surface area contributed by atoms with E-state index in [0.717, 1.165) is 5.76 Å². The molecule has 1 rings (SSSR count). The van der Waals surface area contributed by atoms with E-state index in [-0.39, 0.29) is 0 Å². The van der Waals surface area contributed by atoms with Crippen molar-refractivity contribution in [1.82, 2.24) is 0 Å². The molecule has 0 aliphatic heterocycles. The Balaban J connectivity index is 2.72. The van der Waals surface area contributed by atoms with Crippen LogP contribution in [-0.2, 0) is 4.74 Å².